The molecular formula is C21H23N3O6S3. The van der Waals surface area contributed by atoms with Crippen LogP contribution < -0.4 is 19.5 Å². The predicted molar refractivity (Wildman–Crippen MR) is 128 cm³/mol. The molecule has 0 radical (unpaired) electrons. The van der Waals surface area contributed by atoms with Gasteiger partial charge in [0, 0.05) is 17.3 Å². The number of anilines is 2. The molecule has 3 rings (SSSR count). The molecule has 176 valence electrons. The minimum atomic E-state index is -3.77. The summed E-state index contributed by atoms with van der Waals surface area (Å²) >= 11 is 1.09. The van der Waals surface area contributed by atoms with E-state index in [-0.39, 0.29) is 32.1 Å². The molecule has 0 spiro atoms. The Morgan fingerprint density at radius 3 is 2.24 bits per heavy atom. The van der Waals surface area contributed by atoms with Crippen LogP contribution in [0.5, 0.6) is 5.75 Å². The molecule has 0 bridgehead atoms. The normalized spacial score (nSPS) is 11.9. The zero-order chi connectivity index (χ0) is 24.2. The van der Waals surface area contributed by atoms with Gasteiger partial charge in [-0.2, -0.15) is 0 Å². The lowest BCUT2D eigenvalue weighted by Gasteiger charge is -2.14. The molecule has 1 heterocycles. The fourth-order valence-electron chi connectivity index (χ4n) is 2.84. The largest absolute Gasteiger partial charge is 0.495 e. The van der Waals surface area contributed by atoms with Crippen LogP contribution in [-0.4, -0.2) is 35.9 Å². The first-order valence-electron chi connectivity index (χ1n) is 9.70. The third kappa shape index (κ3) is 6.11. The minimum Gasteiger partial charge on any atom is -0.495 e. The van der Waals surface area contributed by atoms with Gasteiger partial charge in [0.1, 0.15) is 9.96 Å². The van der Waals surface area contributed by atoms with Crippen molar-refractivity contribution in [2.45, 2.75) is 29.0 Å². The van der Waals surface area contributed by atoms with E-state index in [1.807, 2.05) is 0 Å². The van der Waals surface area contributed by atoms with Gasteiger partial charge in [-0.15, -0.1) is 11.3 Å². The SMILES string of the molecule is COc1ccc(S(=O)(=O)NC(C)C)cc1NC(=O)c1ccc(NS(=O)(=O)c2cccs2)cc1. The van der Waals surface area contributed by atoms with Gasteiger partial charge in [0.05, 0.1) is 17.7 Å². The highest BCUT2D eigenvalue weighted by Gasteiger charge is 2.19. The van der Waals surface area contributed by atoms with Crippen LogP contribution in [0, 0.1) is 0 Å². The molecule has 0 saturated heterocycles. The van der Waals surface area contributed by atoms with Gasteiger partial charge in [-0.25, -0.2) is 21.6 Å². The fraction of sp³-hybridized carbons (Fsp3) is 0.190. The Morgan fingerprint density at radius 2 is 1.67 bits per heavy atom. The molecule has 0 aliphatic carbocycles. The molecule has 1 amide bonds. The zero-order valence-corrected chi connectivity index (χ0v) is 20.5. The molecule has 12 heteroatoms. The molecule has 0 fully saturated rings. The number of rotatable bonds is 9. The first kappa shape index (κ1) is 24.7. The van der Waals surface area contributed by atoms with Gasteiger partial charge in [-0.1, -0.05) is 6.07 Å². The van der Waals surface area contributed by atoms with Gasteiger partial charge in [-0.05, 0) is 67.8 Å². The lowest BCUT2D eigenvalue weighted by molar-refractivity contribution is 0.102. The lowest BCUT2D eigenvalue weighted by Crippen LogP contribution is -2.30. The van der Waals surface area contributed by atoms with Crippen LogP contribution in [0.1, 0.15) is 24.2 Å². The van der Waals surface area contributed by atoms with E-state index >= 15 is 0 Å². The first-order chi connectivity index (χ1) is 15.5. The van der Waals surface area contributed by atoms with Crippen molar-refractivity contribution >= 4 is 48.7 Å². The van der Waals surface area contributed by atoms with E-state index in [0.29, 0.717) is 5.69 Å². The zero-order valence-electron chi connectivity index (χ0n) is 18.0. The second kappa shape index (κ2) is 9.91. The van der Waals surface area contributed by atoms with E-state index in [1.165, 1.54) is 55.6 Å². The van der Waals surface area contributed by atoms with Gasteiger partial charge in [0.15, 0.2) is 0 Å². The standard InChI is InChI=1S/C21H23N3O6S3/c1-14(2)23-32(26,27)17-10-11-19(30-3)18(13-17)22-21(25)15-6-8-16(9-7-15)24-33(28,29)20-5-4-12-31-20/h4-14,23-24H,1-3H3,(H,22,25). The summed E-state index contributed by atoms with van der Waals surface area (Å²) in [7, 11) is -6.07. The predicted octanol–water partition coefficient (Wildman–Crippen LogP) is 3.50. The molecule has 0 atom stereocenters. The third-order valence-electron chi connectivity index (χ3n) is 4.28. The number of thiophene rings is 1. The number of nitrogens with one attached hydrogen (secondary N) is 3. The molecule has 0 saturated carbocycles. The molecule has 0 aliphatic heterocycles. The van der Waals surface area contributed by atoms with Crippen molar-refractivity contribution in [2.24, 2.45) is 0 Å². The Kier molecular flexibility index (Phi) is 7.42. The lowest BCUT2D eigenvalue weighted by atomic mass is 10.2. The molecule has 2 aromatic carbocycles. The van der Waals surface area contributed by atoms with E-state index in [9.17, 15) is 21.6 Å². The van der Waals surface area contributed by atoms with Gasteiger partial charge in [0.25, 0.3) is 15.9 Å². The number of carbonyl (C=O) groups excluding carboxylic acids is 1. The summed E-state index contributed by atoms with van der Waals surface area (Å²) in [6, 6.07) is 12.8. The van der Waals surface area contributed by atoms with E-state index in [2.05, 4.69) is 14.8 Å². The average Bonchev–Trinajstić information content (AvgIpc) is 3.29. The maximum absolute atomic E-state index is 12.7. The fourth-order valence-corrected chi connectivity index (χ4v) is 6.16. The summed E-state index contributed by atoms with van der Waals surface area (Å²) in [4.78, 5) is 12.7. The van der Waals surface area contributed by atoms with Crippen LogP contribution >= 0.6 is 11.3 Å². The summed E-state index contributed by atoms with van der Waals surface area (Å²) in [5, 5.41) is 4.30. The molecule has 0 aliphatic rings. The smallest absolute Gasteiger partial charge is 0.271 e. The molecule has 33 heavy (non-hydrogen) atoms. The van der Waals surface area contributed by atoms with Gasteiger partial charge >= 0.3 is 0 Å². The van der Waals surface area contributed by atoms with Gasteiger partial charge < -0.3 is 10.1 Å². The molecule has 3 N–H and O–H groups in total. The quantitative estimate of drug-likeness (QED) is 0.405. The van der Waals surface area contributed by atoms with Crippen molar-refractivity contribution in [3.8, 4) is 5.75 Å². The molecule has 1 aromatic heterocycles. The molecule has 3 aromatic rings. The van der Waals surface area contributed by atoms with Crippen LogP contribution in [0.4, 0.5) is 11.4 Å². The Bertz CT molecular complexity index is 1330. The van der Waals surface area contributed by atoms with E-state index in [4.69, 9.17) is 4.74 Å². The highest BCUT2D eigenvalue weighted by molar-refractivity contribution is 7.94. The second-order valence-electron chi connectivity index (χ2n) is 7.21. The molecular weight excluding hydrogens is 486 g/mol. The first-order valence-corrected chi connectivity index (χ1v) is 13.5. The number of methoxy groups -OCH3 is 1. The number of amides is 1. The van der Waals surface area contributed by atoms with Crippen LogP contribution in [0.15, 0.2) is 69.1 Å². The average molecular weight is 510 g/mol. The molecule has 0 unspecified atom stereocenters. The third-order valence-corrected chi connectivity index (χ3v) is 8.71. The van der Waals surface area contributed by atoms with Crippen molar-refractivity contribution < 1.29 is 26.4 Å². The summed E-state index contributed by atoms with van der Waals surface area (Å²) in [5.74, 6) is -0.237. The Hall–Kier alpha value is -2.93. The van der Waals surface area contributed by atoms with Crippen LogP contribution in [0.25, 0.3) is 0 Å². The Labute approximate surface area is 196 Å². The van der Waals surface area contributed by atoms with Crippen molar-refractivity contribution in [2.75, 3.05) is 17.1 Å². The Balaban J connectivity index is 1.79. The summed E-state index contributed by atoms with van der Waals surface area (Å²) in [6.07, 6.45) is 0. The summed E-state index contributed by atoms with van der Waals surface area (Å²) < 4.78 is 59.9. The maximum Gasteiger partial charge on any atom is 0.271 e. The van der Waals surface area contributed by atoms with Crippen LogP contribution in [0.3, 0.4) is 0 Å². The van der Waals surface area contributed by atoms with Crippen LogP contribution in [0.2, 0.25) is 0 Å². The second-order valence-corrected chi connectivity index (χ2v) is 11.8. The van der Waals surface area contributed by atoms with Crippen molar-refractivity contribution in [1.29, 1.82) is 0 Å². The van der Waals surface area contributed by atoms with Crippen molar-refractivity contribution in [3.63, 3.8) is 0 Å². The van der Waals surface area contributed by atoms with Crippen molar-refractivity contribution in [1.82, 2.24) is 4.72 Å². The number of carbonyl (C=O) groups is 1. The van der Waals surface area contributed by atoms with Gasteiger partial charge in [0.2, 0.25) is 10.0 Å². The number of ether oxygens (including phenoxy) is 1. The number of sulfonamides is 2. The topological polar surface area (TPSA) is 131 Å². The Morgan fingerprint density at radius 1 is 0.970 bits per heavy atom. The van der Waals surface area contributed by atoms with E-state index in [0.717, 1.165) is 11.3 Å². The summed E-state index contributed by atoms with van der Waals surface area (Å²) in [6.45, 7) is 3.40. The minimum absolute atomic E-state index is 0.0226. The number of hydrogen-bond donors (Lipinski definition) is 3. The number of hydrogen-bond acceptors (Lipinski definition) is 7. The summed E-state index contributed by atoms with van der Waals surface area (Å²) in [5.41, 5.74) is 0.715. The highest BCUT2D eigenvalue weighted by atomic mass is 32.2. The number of benzene rings is 2. The highest BCUT2D eigenvalue weighted by Crippen LogP contribution is 2.28. The maximum atomic E-state index is 12.7. The van der Waals surface area contributed by atoms with E-state index in [1.54, 1.807) is 25.3 Å². The van der Waals surface area contributed by atoms with Crippen molar-refractivity contribution in [3.05, 3.63) is 65.5 Å². The van der Waals surface area contributed by atoms with Crippen LogP contribution in [-0.2, 0) is 20.0 Å². The van der Waals surface area contributed by atoms with Gasteiger partial charge in [-0.3, -0.25) is 9.52 Å². The monoisotopic (exact) mass is 509 g/mol. The molecule has 9 nitrogen and oxygen atoms in total. The van der Waals surface area contributed by atoms with E-state index < -0.39 is 26.0 Å².